The van der Waals surface area contributed by atoms with E-state index >= 15 is 0 Å². The summed E-state index contributed by atoms with van der Waals surface area (Å²) < 4.78 is 6.22. The van der Waals surface area contributed by atoms with E-state index in [2.05, 4.69) is 15.9 Å². The molecule has 1 aliphatic rings. The number of benzene rings is 1. The molecule has 2 atom stereocenters. The van der Waals surface area contributed by atoms with E-state index in [0.29, 0.717) is 0 Å². The fraction of sp³-hybridized carbons (Fsp3) is 0.154. The Morgan fingerprint density at radius 2 is 2.00 bits per heavy atom. The van der Waals surface area contributed by atoms with Crippen LogP contribution in [0.4, 0.5) is 0 Å². The number of nitrogens with zero attached hydrogens (tertiary/aromatic N) is 3. The van der Waals surface area contributed by atoms with E-state index in [9.17, 15) is 5.26 Å². The molecule has 2 N–H and O–H groups in total. The first-order valence-electron chi connectivity index (χ1n) is 5.24. The highest BCUT2D eigenvalue weighted by molar-refractivity contribution is 9.10. The van der Waals surface area contributed by atoms with Crippen LogP contribution in [0.1, 0.15) is 11.7 Å². The van der Waals surface area contributed by atoms with Gasteiger partial charge in [0.25, 0.3) is 0 Å². The Labute approximate surface area is 118 Å². The lowest BCUT2D eigenvalue weighted by molar-refractivity contribution is 0.356. The van der Waals surface area contributed by atoms with Crippen LogP contribution in [0.3, 0.4) is 0 Å². The molecule has 0 radical (unpaired) electrons. The third kappa shape index (κ3) is 2.06. The summed E-state index contributed by atoms with van der Waals surface area (Å²) in [4.78, 5) is 0. The molecule has 0 saturated carbocycles. The number of halogens is 1. The molecule has 5 nitrogen and oxygen atoms in total. The van der Waals surface area contributed by atoms with Crippen LogP contribution in [-0.2, 0) is 4.74 Å². The molecule has 1 aromatic carbocycles. The fourth-order valence-electron chi connectivity index (χ4n) is 1.81. The third-order valence-electron chi connectivity index (χ3n) is 2.83. The summed E-state index contributed by atoms with van der Waals surface area (Å²) in [6.45, 7) is 0. The molecule has 1 aromatic rings. The molecule has 6 heteroatoms. The van der Waals surface area contributed by atoms with E-state index in [1.165, 1.54) is 0 Å². The van der Waals surface area contributed by atoms with Crippen molar-refractivity contribution in [2.75, 3.05) is 0 Å². The van der Waals surface area contributed by atoms with Gasteiger partial charge in [-0.2, -0.15) is 15.8 Å². The van der Waals surface area contributed by atoms with Crippen LogP contribution >= 0.6 is 15.9 Å². The Morgan fingerprint density at radius 3 is 2.53 bits per heavy atom. The summed E-state index contributed by atoms with van der Waals surface area (Å²) in [7, 11) is 0. The monoisotopic (exact) mass is 314 g/mol. The van der Waals surface area contributed by atoms with Gasteiger partial charge in [-0.05, 0) is 17.7 Å². The summed E-state index contributed by atoms with van der Waals surface area (Å²) >= 11 is 3.32. The van der Waals surface area contributed by atoms with Gasteiger partial charge in [-0.25, -0.2) is 0 Å². The molecule has 0 unspecified atom stereocenters. The number of nitrogens with two attached hydrogens (primary N) is 1. The molecule has 0 aliphatic carbocycles. The minimum atomic E-state index is -1.42. The predicted molar refractivity (Wildman–Crippen MR) is 68.8 cm³/mol. The van der Waals surface area contributed by atoms with Crippen molar-refractivity contribution in [3.63, 3.8) is 0 Å². The Kier molecular flexibility index (Phi) is 3.27. The Morgan fingerprint density at radius 1 is 1.32 bits per heavy atom. The highest BCUT2D eigenvalue weighted by atomic mass is 79.9. The molecule has 1 heterocycles. The first-order chi connectivity index (χ1) is 9.08. The second-order valence-electron chi connectivity index (χ2n) is 3.91. The highest BCUT2D eigenvalue weighted by Gasteiger charge is 2.61. The van der Waals surface area contributed by atoms with Crippen molar-refractivity contribution < 1.29 is 4.74 Å². The molecule has 0 amide bonds. The van der Waals surface area contributed by atoms with Gasteiger partial charge in [0.2, 0.25) is 5.60 Å². The van der Waals surface area contributed by atoms with Crippen molar-refractivity contribution in [3.8, 4) is 18.2 Å². The van der Waals surface area contributed by atoms with Crippen LogP contribution in [-0.4, -0.2) is 5.60 Å². The smallest absolute Gasteiger partial charge is 0.227 e. The number of nitriles is 3. The van der Waals surface area contributed by atoms with Crippen LogP contribution in [0.25, 0.3) is 0 Å². The average Bonchev–Trinajstić information content (AvgIpc) is 3.16. The van der Waals surface area contributed by atoms with Gasteiger partial charge in [0.1, 0.15) is 24.3 Å². The molecule has 1 saturated heterocycles. The standard InChI is InChI=1S/C13H7BrN4O/c14-10-3-1-2-8(4-10)12-13(7-17,19-12)11(18)9(5-15)6-16/h1-4,12H,18H2/t12-,13+/m0/s1. The number of rotatable bonds is 2. The van der Waals surface area contributed by atoms with Crippen molar-refractivity contribution in [3.05, 3.63) is 45.6 Å². The summed E-state index contributed by atoms with van der Waals surface area (Å²) in [5.74, 6) is 0. The first kappa shape index (κ1) is 13.1. The molecular weight excluding hydrogens is 308 g/mol. The van der Waals surface area contributed by atoms with E-state index in [0.717, 1.165) is 10.0 Å². The quantitative estimate of drug-likeness (QED) is 0.663. The van der Waals surface area contributed by atoms with Crippen LogP contribution in [0.15, 0.2) is 40.0 Å². The summed E-state index contributed by atoms with van der Waals surface area (Å²) in [6, 6.07) is 12.5. The van der Waals surface area contributed by atoms with Crippen molar-refractivity contribution in [1.29, 1.82) is 15.8 Å². The van der Waals surface area contributed by atoms with Gasteiger partial charge in [0.05, 0.1) is 5.70 Å². The lowest BCUT2D eigenvalue weighted by Gasteiger charge is -2.04. The van der Waals surface area contributed by atoms with E-state index < -0.39 is 11.7 Å². The van der Waals surface area contributed by atoms with Gasteiger partial charge in [-0.15, -0.1) is 0 Å². The van der Waals surface area contributed by atoms with Crippen molar-refractivity contribution >= 4 is 15.9 Å². The van der Waals surface area contributed by atoms with Crippen molar-refractivity contribution in [2.24, 2.45) is 5.73 Å². The van der Waals surface area contributed by atoms with Crippen LogP contribution in [0.5, 0.6) is 0 Å². The van der Waals surface area contributed by atoms with Gasteiger partial charge < -0.3 is 10.5 Å². The Bertz CT molecular complexity index is 676. The molecule has 0 aromatic heterocycles. The Balaban J connectivity index is 2.43. The topological polar surface area (TPSA) is 110 Å². The molecule has 92 valence electrons. The van der Waals surface area contributed by atoms with Gasteiger partial charge in [0, 0.05) is 4.47 Å². The SMILES string of the molecule is N#CC(C#N)=C(N)[C@@]1(C#N)O[C@H]1c1cccc(Br)c1. The fourth-order valence-corrected chi connectivity index (χ4v) is 2.22. The van der Waals surface area contributed by atoms with Crippen LogP contribution < -0.4 is 5.73 Å². The predicted octanol–water partition coefficient (Wildman–Crippen LogP) is 2.04. The lowest BCUT2D eigenvalue weighted by Crippen LogP contribution is -2.22. The van der Waals surface area contributed by atoms with Gasteiger partial charge in [-0.1, -0.05) is 28.1 Å². The maximum absolute atomic E-state index is 9.25. The average molecular weight is 315 g/mol. The van der Waals surface area contributed by atoms with E-state index in [-0.39, 0.29) is 11.3 Å². The lowest BCUT2D eigenvalue weighted by atomic mass is 9.95. The second kappa shape index (κ2) is 4.74. The number of hydrogen-bond acceptors (Lipinski definition) is 5. The summed E-state index contributed by atoms with van der Waals surface area (Å²) in [5.41, 5.74) is 4.65. The molecule has 19 heavy (non-hydrogen) atoms. The third-order valence-corrected chi connectivity index (χ3v) is 3.32. The molecule has 1 fully saturated rings. The summed E-state index contributed by atoms with van der Waals surface area (Å²) in [5, 5.41) is 26.9. The Hall–Kier alpha value is -2.33. The second-order valence-corrected chi connectivity index (χ2v) is 4.83. The zero-order valence-corrected chi connectivity index (χ0v) is 11.2. The largest absolute Gasteiger partial charge is 0.397 e. The summed E-state index contributed by atoms with van der Waals surface area (Å²) in [6.07, 6.45) is -0.563. The van der Waals surface area contributed by atoms with E-state index in [1.807, 2.05) is 12.1 Å². The van der Waals surface area contributed by atoms with E-state index in [4.69, 9.17) is 21.0 Å². The van der Waals surface area contributed by atoms with Crippen molar-refractivity contribution in [1.82, 2.24) is 0 Å². The minimum Gasteiger partial charge on any atom is -0.397 e. The zero-order chi connectivity index (χ0) is 14.0. The van der Waals surface area contributed by atoms with E-state index in [1.54, 1.807) is 30.3 Å². The highest BCUT2D eigenvalue weighted by Crippen LogP contribution is 2.53. The number of ether oxygens (including phenoxy) is 1. The van der Waals surface area contributed by atoms with Gasteiger partial charge in [0.15, 0.2) is 5.57 Å². The number of allylic oxidation sites excluding steroid dienone is 1. The molecule has 1 aliphatic heterocycles. The van der Waals surface area contributed by atoms with Gasteiger partial charge in [-0.3, -0.25) is 0 Å². The molecular formula is C13H7BrN4O. The van der Waals surface area contributed by atoms with Crippen molar-refractivity contribution in [2.45, 2.75) is 11.7 Å². The maximum Gasteiger partial charge on any atom is 0.227 e. The number of hydrogen-bond donors (Lipinski definition) is 1. The molecule has 0 spiro atoms. The molecule has 0 bridgehead atoms. The minimum absolute atomic E-state index is 0.134. The van der Waals surface area contributed by atoms with Gasteiger partial charge >= 0.3 is 0 Å². The molecule has 2 rings (SSSR count). The zero-order valence-electron chi connectivity index (χ0n) is 9.59. The van der Waals surface area contributed by atoms with Crippen LogP contribution in [0.2, 0.25) is 0 Å². The number of epoxide rings is 1. The maximum atomic E-state index is 9.25. The van der Waals surface area contributed by atoms with Crippen LogP contribution in [0, 0.1) is 34.0 Å². The first-order valence-corrected chi connectivity index (χ1v) is 6.03. The normalized spacial score (nSPS) is 23.6.